The number of rotatable bonds is 8. The number of unbranched alkanes of at least 4 members (excludes halogenated alkanes) is 1. The number of aromatic nitrogens is 1. The monoisotopic (exact) mass is 434 g/mol. The van der Waals surface area contributed by atoms with E-state index in [0.29, 0.717) is 17.9 Å². The van der Waals surface area contributed by atoms with E-state index >= 15 is 0 Å². The highest BCUT2D eigenvalue weighted by Gasteiger charge is 2.25. The lowest BCUT2D eigenvalue weighted by Gasteiger charge is -2.16. The molecule has 6 nitrogen and oxygen atoms in total. The SMILES string of the molecule is CCCCOc1cccc(C(=O)c2c(C)c(C#N)c(=O)n(Cc3ccc(F)cc3)c2O)c1. The van der Waals surface area contributed by atoms with Crippen molar-refractivity contribution in [2.45, 2.75) is 33.2 Å². The van der Waals surface area contributed by atoms with Crippen LogP contribution in [-0.2, 0) is 6.54 Å². The summed E-state index contributed by atoms with van der Waals surface area (Å²) in [6, 6.07) is 13.8. The van der Waals surface area contributed by atoms with Crippen LogP contribution in [0, 0.1) is 24.1 Å². The van der Waals surface area contributed by atoms with Gasteiger partial charge in [-0.15, -0.1) is 0 Å². The van der Waals surface area contributed by atoms with Crippen LogP contribution in [0.25, 0.3) is 0 Å². The van der Waals surface area contributed by atoms with Crippen LogP contribution in [0.4, 0.5) is 4.39 Å². The summed E-state index contributed by atoms with van der Waals surface area (Å²) in [6.45, 7) is 3.89. The van der Waals surface area contributed by atoms with Crippen molar-refractivity contribution in [2.75, 3.05) is 6.61 Å². The normalized spacial score (nSPS) is 10.6. The fraction of sp³-hybridized carbons (Fsp3) is 0.240. The van der Waals surface area contributed by atoms with Gasteiger partial charge in [-0.25, -0.2) is 4.39 Å². The Balaban J connectivity index is 2.07. The number of hydrogen-bond donors (Lipinski definition) is 1. The molecule has 0 bridgehead atoms. The van der Waals surface area contributed by atoms with E-state index in [1.807, 2.05) is 13.0 Å². The van der Waals surface area contributed by atoms with Crippen LogP contribution in [-0.4, -0.2) is 22.1 Å². The molecule has 0 amide bonds. The molecule has 0 saturated heterocycles. The van der Waals surface area contributed by atoms with Gasteiger partial charge in [-0.3, -0.25) is 14.2 Å². The zero-order chi connectivity index (χ0) is 23.3. The third-order valence-corrected chi connectivity index (χ3v) is 5.14. The highest BCUT2D eigenvalue weighted by Crippen LogP contribution is 2.27. The molecular weight excluding hydrogens is 411 g/mol. The van der Waals surface area contributed by atoms with E-state index in [1.54, 1.807) is 24.3 Å². The number of nitrogens with zero attached hydrogens (tertiary/aromatic N) is 2. The van der Waals surface area contributed by atoms with E-state index in [4.69, 9.17) is 4.74 Å². The van der Waals surface area contributed by atoms with Gasteiger partial charge >= 0.3 is 0 Å². The molecule has 164 valence electrons. The van der Waals surface area contributed by atoms with Crippen LogP contribution in [0.3, 0.4) is 0 Å². The summed E-state index contributed by atoms with van der Waals surface area (Å²) < 4.78 is 19.8. The second kappa shape index (κ2) is 9.92. The summed E-state index contributed by atoms with van der Waals surface area (Å²) in [4.78, 5) is 26.1. The van der Waals surface area contributed by atoms with Crippen molar-refractivity contribution in [3.8, 4) is 17.7 Å². The van der Waals surface area contributed by atoms with Gasteiger partial charge in [-0.1, -0.05) is 37.6 Å². The van der Waals surface area contributed by atoms with Gasteiger partial charge in [0.1, 0.15) is 23.2 Å². The topological polar surface area (TPSA) is 92.3 Å². The molecule has 0 saturated carbocycles. The van der Waals surface area contributed by atoms with Gasteiger partial charge in [0.15, 0.2) is 5.78 Å². The largest absolute Gasteiger partial charge is 0.494 e. The number of ether oxygens (including phenoxy) is 1. The zero-order valence-electron chi connectivity index (χ0n) is 17.9. The molecule has 2 aromatic carbocycles. The molecular formula is C25H23FN2O4. The Bertz CT molecular complexity index is 1240. The number of carbonyl (C=O) groups excluding carboxylic acids is 1. The fourth-order valence-corrected chi connectivity index (χ4v) is 3.35. The second-order valence-corrected chi connectivity index (χ2v) is 7.39. The molecule has 32 heavy (non-hydrogen) atoms. The van der Waals surface area contributed by atoms with Gasteiger partial charge in [-0.05, 0) is 48.7 Å². The number of nitriles is 1. The first kappa shape index (κ1) is 22.8. The van der Waals surface area contributed by atoms with Crippen molar-refractivity contribution in [3.05, 3.63) is 92.5 Å². The average molecular weight is 434 g/mol. The molecule has 0 fully saturated rings. The van der Waals surface area contributed by atoms with Gasteiger partial charge in [0.2, 0.25) is 5.88 Å². The fourth-order valence-electron chi connectivity index (χ4n) is 3.35. The van der Waals surface area contributed by atoms with Gasteiger partial charge in [-0.2, -0.15) is 5.26 Å². The quantitative estimate of drug-likeness (QED) is 0.421. The number of carbonyl (C=O) groups is 1. The molecule has 1 N–H and O–H groups in total. The summed E-state index contributed by atoms with van der Waals surface area (Å²) in [7, 11) is 0. The lowest BCUT2D eigenvalue weighted by atomic mass is 9.97. The lowest BCUT2D eigenvalue weighted by Crippen LogP contribution is -2.27. The molecule has 0 aliphatic rings. The maximum atomic E-state index is 13.3. The maximum absolute atomic E-state index is 13.3. The molecule has 0 atom stereocenters. The summed E-state index contributed by atoms with van der Waals surface area (Å²) in [6.07, 6.45) is 1.84. The Kier molecular flexibility index (Phi) is 7.06. The molecule has 0 unspecified atom stereocenters. The first-order valence-electron chi connectivity index (χ1n) is 10.3. The third-order valence-electron chi connectivity index (χ3n) is 5.14. The third kappa shape index (κ3) is 4.70. The van der Waals surface area contributed by atoms with Crippen molar-refractivity contribution in [3.63, 3.8) is 0 Å². The number of halogens is 1. The predicted octanol–water partition coefficient (Wildman–Crippen LogP) is 4.33. The molecule has 0 aliphatic heterocycles. The van der Waals surface area contributed by atoms with Crippen LogP contribution in [0.1, 0.15) is 52.4 Å². The lowest BCUT2D eigenvalue weighted by molar-refractivity contribution is 0.103. The molecule has 0 aliphatic carbocycles. The molecule has 1 heterocycles. The van der Waals surface area contributed by atoms with E-state index in [2.05, 4.69) is 0 Å². The van der Waals surface area contributed by atoms with Gasteiger partial charge in [0.25, 0.3) is 5.56 Å². The van der Waals surface area contributed by atoms with Gasteiger partial charge in [0.05, 0.1) is 18.7 Å². The van der Waals surface area contributed by atoms with Gasteiger partial charge < -0.3 is 9.84 Å². The van der Waals surface area contributed by atoms with E-state index in [-0.39, 0.29) is 28.8 Å². The summed E-state index contributed by atoms with van der Waals surface area (Å²) in [5.74, 6) is -1.01. The zero-order valence-corrected chi connectivity index (χ0v) is 17.9. The summed E-state index contributed by atoms with van der Waals surface area (Å²) >= 11 is 0. The van der Waals surface area contributed by atoms with Crippen molar-refractivity contribution < 1.29 is 19.0 Å². The molecule has 0 radical (unpaired) electrons. The van der Waals surface area contributed by atoms with E-state index in [1.165, 1.54) is 31.2 Å². The van der Waals surface area contributed by atoms with Crippen LogP contribution >= 0.6 is 0 Å². The Morgan fingerprint density at radius 1 is 1.22 bits per heavy atom. The average Bonchev–Trinajstić information content (AvgIpc) is 2.78. The first-order valence-corrected chi connectivity index (χ1v) is 10.3. The number of aromatic hydroxyl groups is 1. The molecule has 3 aromatic rings. The first-order chi connectivity index (χ1) is 15.4. The predicted molar refractivity (Wildman–Crippen MR) is 118 cm³/mol. The highest BCUT2D eigenvalue weighted by molar-refractivity contribution is 6.11. The van der Waals surface area contributed by atoms with E-state index in [0.717, 1.165) is 17.4 Å². The molecule has 0 spiro atoms. The number of pyridine rings is 1. The Morgan fingerprint density at radius 3 is 2.59 bits per heavy atom. The second-order valence-electron chi connectivity index (χ2n) is 7.39. The highest BCUT2D eigenvalue weighted by atomic mass is 19.1. The summed E-state index contributed by atoms with van der Waals surface area (Å²) in [5, 5.41) is 20.4. The number of hydrogen-bond acceptors (Lipinski definition) is 5. The van der Waals surface area contributed by atoms with E-state index in [9.17, 15) is 24.3 Å². The standard InChI is InChI=1S/C25H23FN2O4/c1-3-4-12-32-20-7-5-6-18(13-20)23(29)22-16(2)21(14-27)24(30)28(25(22)31)15-17-8-10-19(26)11-9-17/h5-11,13,31H,3-4,12,15H2,1-2H3. The van der Waals surface area contributed by atoms with E-state index < -0.39 is 23.0 Å². The number of ketones is 1. The van der Waals surface area contributed by atoms with Crippen LogP contribution in [0.5, 0.6) is 11.6 Å². The maximum Gasteiger partial charge on any atom is 0.271 e. The van der Waals surface area contributed by atoms with Crippen LogP contribution in [0.15, 0.2) is 53.3 Å². The van der Waals surface area contributed by atoms with Crippen molar-refractivity contribution >= 4 is 5.78 Å². The van der Waals surface area contributed by atoms with Crippen molar-refractivity contribution in [1.29, 1.82) is 5.26 Å². The van der Waals surface area contributed by atoms with Gasteiger partial charge in [0, 0.05) is 5.56 Å². The minimum absolute atomic E-state index is 0.104. The number of benzene rings is 2. The molecule has 1 aromatic heterocycles. The minimum Gasteiger partial charge on any atom is -0.494 e. The molecule has 3 rings (SSSR count). The summed E-state index contributed by atoms with van der Waals surface area (Å²) in [5.41, 5.74) is -0.195. The Labute approximate surface area is 185 Å². The van der Waals surface area contributed by atoms with Crippen molar-refractivity contribution in [1.82, 2.24) is 4.57 Å². The smallest absolute Gasteiger partial charge is 0.271 e. The Hall–Kier alpha value is -3.92. The minimum atomic E-state index is -0.722. The molecule has 7 heteroatoms. The van der Waals surface area contributed by atoms with Crippen LogP contribution < -0.4 is 10.3 Å². The van der Waals surface area contributed by atoms with Crippen LogP contribution in [0.2, 0.25) is 0 Å². The van der Waals surface area contributed by atoms with Crippen molar-refractivity contribution in [2.24, 2.45) is 0 Å². The Morgan fingerprint density at radius 2 is 1.94 bits per heavy atom.